The zero-order valence-electron chi connectivity index (χ0n) is 14.7. The molecule has 1 aromatic heterocycles. The molecule has 0 fully saturated rings. The summed E-state index contributed by atoms with van der Waals surface area (Å²) >= 11 is 0. The van der Waals surface area contributed by atoms with Gasteiger partial charge in [0.1, 0.15) is 5.75 Å². The molecule has 0 bridgehead atoms. The van der Waals surface area contributed by atoms with E-state index >= 15 is 0 Å². The minimum atomic E-state index is -4.38. The van der Waals surface area contributed by atoms with Crippen LogP contribution in [0.2, 0.25) is 0 Å². The van der Waals surface area contributed by atoms with Crippen molar-refractivity contribution in [1.29, 1.82) is 0 Å². The molecular weight excluding hydrogens is 357 g/mol. The summed E-state index contributed by atoms with van der Waals surface area (Å²) < 4.78 is 42.9. The van der Waals surface area contributed by atoms with Crippen LogP contribution in [0, 0.1) is 6.92 Å². The van der Waals surface area contributed by atoms with Crippen LogP contribution in [0.1, 0.15) is 27.2 Å². The van der Waals surface area contributed by atoms with Crippen LogP contribution >= 0.6 is 0 Å². The molecule has 0 aliphatic rings. The molecule has 3 rings (SSSR count). The average molecular weight is 374 g/mol. The predicted octanol–water partition coefficient (Wildman–Crippen LogP) is 4.50. The molecule has 0 saturated carbocycles. The van der Waals surface area contributed by atoms with E-state index in [1.807, 2.05) is 6.07 Å². The number of rotatable bonds is 4. The van der Waals surface area contributed by atoms with Gasteiger partial charge in [-0.25, -0.2) is 0 Å². The summed E-state index contributed by atoms with van der Waals surface area (Å²) in [5.74, 6) is 0.339. The maximum atomic E-state index is 12.6. The molecule has 0 radical (unpaired) electrons. The molecule has 0 aliphatic carbocycles. The van der Waals surface area contributed by atoms with Crippen LogP contribution < -0.4 is 10.1 Å². The van der Waals surface area contributed by atoms with E-state index in [4.69, 9.17) is 4.74 Å². The van der Waals surface area contributed by atoms with Crippen molar-refractivity contribution in [3.63, 3.8) is 0 Å². The van der Waals surface area contributed by atoms with Crippen molar-refractivity contribution in [2.75, 3.05) is 7.11 Å². The number of halogens is 3. The molecule has 27 heavy (non-hydrogen) atoms. The minimum Gasteiger partial charge on any atom is -0.497 e. The van der Waals surface area contributed by atoms with Crippen LogP contribution in [0.4, 0.5) is 13.2 Å². The smallest absolute Gasteiger partial charge is 0.416 e. The Morgan fingerprint density at radius 3 is 2.44 bits per heavy atom. The number of aryl methyl sites for hydroxylation is 1. The summed E-state index contributed by atoms with van der Waals surface area (Å²) in [6.45, 7) is 1.85. The fourth-order valence-electron chi connectivity index (χ4n) is 2.69. The molecule has 7 heteroatoms. The zero-order valence-corrected chi connectivity index (χ0v) is 14.7. The van der Waals surface area contributed by atoms with Crippen LogP contribution in [0.25, 0.3) is 10.9 Å². The van der Waals surface area contributed by atoms with Gasteiger partial charge in [0.05, 0.1) is 29.4 Å². The topological polar surface area (TPSA) is 51.2 Å². The summed E-state index contributed by atoms with van der Waals surface area (Å²) in [6.07, 6.45) is -4.38. The van der Waals surface area contributed by atoms with Crippen LogP contribution in [0.5, 0.6) is 5.75 Å². The first-order valence-electron chi connectivity index (χ1n) is 8.17. The SMILES string of the molecule is COc1ccc2cc(C(=O)NCc3ccc(C(F)(F)F)cc3)c(C)nc2c1. The Morgan fingerprint density at radius 2 is 1.81 bits per heavy atom. The fourth-order valence-corrected chi connectivity index (χ4v) is 2.69. The number of nitrogens with zero attached hydrogens (tertiary/aromatic N) is 1. The van der Waals surface area contributed by atoms with E-state index in [9.17, 15) is 18.0 Å². The van der Waals surface area contributed by atoms with Crippen molar-refractivity contribution in [2.45, 2.75) is 19.6 Å². The molecule has 1 amide bonds. The van der Waals surface area contributed by atoms with Crippen molar-refractivity contribution in [3.05, 3.63) is 70.9 Å². The van der Waals surface area contributed by atoms with E-state index in [0.29, 0.717) is 28.1 Å². The van der Waals surface area contributed by atoms with Gasteiger partial charge in [0.15, 0.2) is 0 Å². The second-order valence-corrected chi connectivity index (χ2v) is 6.06. The van der Waals surface area contributed by atoms with Crippen molar-refractivity contribution in [3.8, 4) is 5.75 Å². The third-order valence-electron chi connectivity index (χ3n) is 4.19. The van der Waals surface area contributed by atoms with Crippen molar-refractivity contribution >= 4 is 16.8 Å². The van der Waals surface area contributed by atoms with Gasteiger partial charge in [-0.2, -0.15) is 13.2 Å². The second kappa shape index (κ2) is 7.26. The Hall–Kier alpha value is -3.09. The van der Waals surface area contributed by atoms with E-state index in [0.717, 1.165) is 17.5 Å². The molecule has 1 N–H and O–H groups in total. The molecule has 0 saturated heterocycles. The van der Waals surface area contributed by atoms with Gasteiger partial charge in [0.2, 0.25) is 0 Å². The molecule has 0 unspecified atom stereocenters. The van der Waals surface area contributed by atoms with E-state index in [2.05, 4.69) is 10.3 Å². The highest BCUT2D eigenvalue weighted by molar-refractivity contribution is 5.98. The Balaban J connectivity index is 1.75. The van der Waals surface area contributed by atoms with E-state index in [1.165, 1.54) is 12.1 Å². The molecule has 3 aromatic rings. The van der Waals surface area contributed by atoms with Gasteiger partial charge in [-0.15, -0.1) is 0 Å². The number of pyridine rings is 1. The fraction of sp³-hybridized carbons (Fsp3) is 0.200. The van der Waals surface area contributed by atoms with Gasteiger partial charge in [0, 0.05) is 18.0 Å². The standard InChI is InChI=1S/C20H17F3N2O2/c1-12-17(9-14-5-8-16(27-2)10-18(14)25-12)19(26)24-11-13-3-6-15(7-4-13)20(21,22)23/h3-10H,11H2,1-2H3,(H,24,26). The lowest BCUT2D eigenvalue weighted by Gasteiger charge is -2.11. The zero-order chi connectivity index (χ0) is 19.6. The summed E-state index contributed by atoms with van der Waals surface area (Å²) in [7, 11) is 1.57. The van der Waals surface area contributed by atoms with Gasteiger partial charge in [-0.3, -0.25) is 9.78 Å². The number of nitrogens with one attached hydrogen (secondary N) is 1. The largest absolute Gasteiger partial charge is 0.497 e. The Morgan fingerprint density at radius 1 is 1.11 bits per heavy atom. The van der Waals surface area contributed by atoms with Crippen molar-refractivity contribution in [2.24, 2.45) is 0 Å². The number of alkyl halides is 3. The normalized spacial score (nSPS) is 11.4. The predicted molar refractivity (Wildman–Crippen MR) is 95.6 cm³/mol. The maximum absolute atomic E-state index is 12.6. The number of amides is 1. The Bertz CT molecular complexity index is 983. The summed E-state index contributed by atoms with van der Waals surface area (Å²) in [6, 6.07) is 11.8. The number of aromatic nitrogens is 1. The van der Waals surface area contributed by atoms with E-state index in [1.54, 1.807) is 32.2 Å². The first kappa shape index (κ1) is 18.7. The molecule has 2 aromatic carbocycles. The first-order valence-corrected chi connectivity index (χ1v) is 8.17. The van der Waals surface area contributed by atoms with Gasteiger partial charge in [-0.05, 0) is 42.8 Å². The highest BCUT2D eigenvalue weighted by Gasteiger charge is 2.29. The van der Waals surface area contributed by atoms with Crippen LogP contribution in [-0.4, -0.2) is 18.0 Å². The molecular formula is C20H17F3N2O2. The monoisotopic (exact) mass is 374 g/mol. The maximum Gasteiger partial charge on any atom is 0.416 e. The van der Waals surface area contributed by atoms with Crippen LogP contribution in [0.3, 0.4) is 0 Å². The van der Waals surface area contributed by atoms with Crippen molar-refractivity contribution < 1.29 is 22.7 Å². The second-order valence-electron chi connectivity index (χ2n) is 6.06. The number of hydrogen-bond acceptors (Lipinski definition) is 3. The van der Waals surface area contributed by atoms with Gasteiger partial charge in [0.25, 0.3) is 5.91 Å². The molecule has 140 valence electrons. The minimum absolute atomic E-state index is 0.122. The molecule has 0 spiro atoms. The van der Waals surface area contributed by atoms with E-state index < -0.39 is 11.7 Å². The van der Waals surface area contributed by atoms with Crippen LogP contribution in [0.15, 0.2) is 48.5 Å². The Labute approximate surface area is 154 Å². The number of methoxy groups -OCH3 is 1. The summed E-state index contributed by atoms with van der Waals surface area (Å²) in [5.41, 5.74) is 1.54. The molecule has 1 heterocycles. The number of carbonyl (C=O) groups is 1. The van der Waals surface area contributed by atoms with Gasteiger partial charge in [-0.1, -0.05) is 12.1 Å². The van der Waals surface area contributed by atoms with Crippen molar-refractivity contribution in [1.82, 2.24) is 10.3 Å². The summed E-state index contributed by atoms with van der Waals surface area (Å²) in [5, 5.41) is 3.51. The quantitative estimate of drug-likeness (QED) is 0.732. The number of hydrogen-bond donors (Lipinski definition) is 1. The Kier molecular flexibility index (Phi) is 5.03. The molecule has 0 atom stereocenters. The van der Waals surface area contributed by atoms with Gasteiger partial charge < -0.3 is 10.1 Å². The first-order chi connectivity index (χ1) is 12.8. The third kappa shape index (κ3) is 4.19. The van der Waals surface area contributed by atoms with Gasteiger partial charge >= 0.3 is 6.18 Å². The highest BCUT2D eigenvalue weighted by Crippen LogP contribution is 2.29. The van der Waals surface area contributed by atoms with E-state index in [-0.39, 0.29) is 12.5 Å². The molecule has 4 nitrogen and oxygen atoms in total. The molecule has 0 aliphatic heterocycles. The van der Waals surface area contributed by atoms with Crippen LogP contribution in [-0.2, 0) is 12.7 Å². The summed E-state index contributed by atoms with van der Waals surface area (Å²) in [4.78, 5) is 16.9. The number of ether oxygens (including phenoxy) is 1. The number of carbonyl (C=O) groups excluding carboxylic acids is 1. The lowest BCUT2D eigenvalue weighted by atomic mass is 10.1. The lowest BCUT2D eigenvalue weighted by Crippen LogP contribution is -2.24. The number of benzene rings is 2. The highest BCUT2D eigenvalue weighted by atomic mass is 19.4. The number of fused-ring (bicyclic) bond motifs is 1. The average Bonchev–Trinajstić information content (AvgIpc) is 2.64. The third-order valence-corrected chi connectivity index (χ3v) is 4.19. The lowest BCUT2D eigenvalue weighted by molar-refractivity contribution is -0.137.